The average Bonchev–Trinajstić information content (AvgIpc) is 2.33. The molecule has 0 N–H and O–H groups in total. The van der Waals surface area contributed by atoms with Crippen LogP contribution in [-0.4, -0.2) is 40.7 Å². The van der Waals surface area contributed by atoms with Gasteiger partial charge in [-0.25, -0.2) is 0 Å². The molecule has 0 rings (SSSR count). The average molecular weight is 239 g/mol. The first-order valence-corrected chi connectivity index (χ1v) is 1.73. The van der Waals surface area contributed by atoms with Crippen LogP contribution in [0.4, 0.5) is 0 Å². The summed E-state index contributed by atoms with van der Waals surface area (Å²) in [5.74, 6) is 0. The van der Waals surface area contributed by atoms with E-state index in [0.717, 1.165) is 0 Å². The van der Waals surface area contributed by atoms with Crippen molar-refractivity contribution in [3.63, 3.8) is 0 Å². The molecule has 0 atom stereocenters. The van der Waals surface area contributed by atoms with Gasteiger partial charge in [-0.3, -0.25) is 0 Å². The normalized spacial score (nSPS) is 1.85. The van der Waals surface area contributed by atoms with Crippen molar-refractivity contribution >= 4 is 40.7 Å². The van der Waals surface area contributed by atoms with Gasteiger partial charge in [-0.15, -0.1) is 0 Å². The Bertz CT molecular complexity index is 32.6. The van der Waals surface area contributed by atoms with Crippen LogP contribution in [0.15, 0.2) is 0 Å². The summed E-state index contributed by atoms with van der Waals surface area (Å²) in [5, 5.41) is 0. The van der Waals surface area contributed by atoms with E-state index in [-0.39, 0.29) is 16.5 Å². The monoisotopic (exact) mass is 238 g/mol. The number of rotatable bonds is 0. The van der Waals surface area contributed by atoms with Crippen molar-refractivity contribution in [3.05, 3.63) is 0 Å². The van der Waals surface area contributed by atoms with Crippen molar-refractivity contribution in [2.24, 2.45) is 0 Å². The summed E-state index contributed by atoms with van der Waals surface area (Å²) >= 11 is 0. The van der Waals surface area contributed by atoms with E-state index in [1.165, 1.54) is 0 Å². The van der Waals surface area contributed by atoms with E-state index >= 15 is 0 Å². The minimum absolute atomic E-state index is 0. The van der Waals surface area contributed by atoms with Crippen LogP contribution in [0.5, 0.6) is 0 Å². The van der Waals surface area contributed by atoms with E-state index in [4.69, 9.17) is 28.8 Å². The fourth-order valence-corrected chi connectivity index (χ4v) is 0. The van der Waals surface area contributed by atoms with Gasteiger partial charge in [-0.1, -0.05) is 0 Å². The molecule has 0 spiro atoms. The van der Waals surface area contributed by atoms with Crippen LogP contribution in [0.25, 0.3) is 0 Å². The Kier molecular flexibility index (Phi) is 2070. The van der Waals surface area contributed by atoms with Gasteiger partial charge in [-0.05, 0) is 0 Å². The molecule has 0 saturated heterocycles. The molecule has 0 aliphatic rings. The number of hydrogen-bond donors (Lipinski definition) is 0. The maximum Gasteiger partial charge on any atom is 0.106 e. The van der Waals surface area contributed by atoms with Crippen molar-refractivity contribution in [1.29, 1.82) is 0 Å². The van der Waals surface area contributed by atoms with Crippen LogP contribution >= 0.6 is 0 Å². The van der Waals surface area contributed by atoms with Crippen LogP contribution in [0.3, 0.4) is 0 Å². The summed E-state index contributed by atoms with van der Waals surface area (Å²) in [5.41, 5.74) is 0. The van der Waals surface area contributed by atoms with Gasteiger partial charge in [0.1, 0.15) is 40.7 Å². The molecule has 6 nitrogen and oxygen atoms in total. The molecule has 0 heterocycles. The van der Waals surface area contributed by atoms with Crippen LogP contribution < -0.4 is 0 Å². The minimum atomic E-state index is 0. The molecule has 0 saturated carbocycles. The first kappa shape index (κ1) is 62.5. The molecule has 0 aliphatic carbocycles. The third-order valence-corrected chi connectivity index (χ3v) is 0. The molecular formula is C6H12NiO6. The van der Waals surface area contributed by atoms with E-state index in [0.29, 0.717) is 0 Å². The largest absolute Gasteiger partial charge is 0.307 e. The van der Waals surface area contributed by atoms with Crippen molar-refractivity contribution in [2.75, 3.05) is 0 Å². The zero-order valence-corrected chi connectivity index (χ0v) is 8.00. The van der Waals surface area contributed by atoms with Gasteiger partial charge in [0.05, 0.1) is 0 Å². The first-order valence-electron chi connectivity index (χ1n) is 1.73. The summed E-state index contributed by atoms with van der Waals surface area (Å²) in [4.78, 5) is 48.0. The third kappa shape index (κ3) is 345. The first-order chi connectivity index (χ1) is 6.00. The Hall–Kier alpha value is -1.49. The molecule has 0 aromatic heterocycles. The van der Waals surface area contributed by atoms with Crippen LogP contribution in [0.1, 0.15) is 0 Å². The smallest absolute Gasteiger partial charge is 0.106 e. The number of hydrogen-bond acceptors (Lipinski definition) is 6. The van der Waals surface area contributed by atoms with Gasteiger partial charge in [0.15, 0.2) is 0 Å². The second-order valence-electron chi connectivity index (χ2n) is 0. The zero-order chi connectivity index (χ0) is 12.0. The fourth-order valence-electron chi connectivity index (χ4n) is 0. The zero-order valence-electron chi connectivity index (χ0n) is 7.01. The molecule has 7 heteroatoms. The SMILES string of the molecule is C=O.C=O.C=O.C=O.C=O.C=O.[Ni]. The van der Waals surface area contributed by atoms with Crippen molar-refractivity contribution in [1.82, 2.24) is 0 Å². The Morgan fingerprint density at radius 3 is 0.308 bits per heavy atom. The molecule has 13 heavy (non-hydrogen) atoms. The van der Waals surface area contributed by atoms with E-state index < -0.39 is 0 Å². The Balaban J connectivity index is -0.00000000655. The van der Waals surface area contributed by atoms with Gasteiger partial charge >= 0.3 is 0 Å². The van der Waals surface area contributed by atoms with Crippen molar-refractivity contribution < 1.29 is 45.3 Å². The topological polar surface area (TPSA) is 102 Å². The standard InChI is InChI=1S/6CH2O.Ni/c6*1-2;/h6*1H2;. The quantitative estimate of drug-likeness (QED) is 0.496. The molecule has 0 amide bonds. The van der Waals surface area contributed by atoms with Crippen LogP contribution in [0, 0.1) is 0 Å². The number of carbonyl (C=O) groups excluding carboxylic acids is 6. The minimum Gasteiger partial charge on any atom is -0.307 e. The molecule has 0 aromatic carbocycles. The molecule has 0 bridgehead atoms. The van der Waals surface area contributed by atoms with E-state index in [9.17, 15) is 0 Å². The molecule has 0 radical (unpaired) electrons. The van der Waals surface area contributed by atoms with Crippen LogP contribution in [0.2, 0.25) is 0 Å². The van der Waals surface area contributed by atoms with E-state index in [1.807, 2.05) is 40.7 Å². The van der Waals surface area contributed by atoms with Gasteiger partial charge < -0.3 is 28.8 Å². The summed E-state index contributed by atoms with van der Waals surface area (Å²) in [7, 11) is 0. The Morgan fingerprint density at radius 1 is 0.308 bits per heavy atom. The fraction of sp³-hybridized carbons (Fsp3) is 0. The van der Waals surface area contributed by atoms with Gasteiger partial charge in [-0.2, -0.15) is 0 Å². The van der Waals surface area contributed by atoms with Gasteiger partial charge in [0.25, 0.3) is 0 Å². The predicted octanol–water partition coefficient (Wildman–Crippen LogP) is -1.11. The third-order valence-electron chi connectivity index (χ3n) is 0. The van der Waals surface area contributed by atoms with Crippen molar-refractivity contribution in [3.8, 4) is 0 Å². The maximum absolute atomic E-state index is 8.00. The van der Waals surface area contributed by atoms with Gasteiger partial charge in [0, 0.05) is 16.5 Å². The Labute approximate surface area is 86.6 Å². The molecule has 0 aliphatic heterocycles. The van der Waals surface area contributed by atoms with E-state index in [1.54, 1.807) is 0 Å². The molecule has 0 aromatic rings. The summed E-state index contributed by atoms with van der Waals surface area (Å²) in [6.45, 7) is 12.0. The number of carbonyl (C=O) groups is 6. The second kappa shape index (κ2) is 431. The molecular weight excluding hydrogens is 227 g/mol. The molecule has 0 unspecified atom stereocenters. The summed E-state index contributed by atoms with van der Waals surface area (Å²) in [6.07, 6.45) is 0. The Morgan fingerprint density at radius 2 is 0.308 bits per heavy atom. The second-order valence-corrected chi connectivity index (χ2v) is 0. The van der Waals surface area contributed by atoms with Crippen LogP contribution in [-0.2, 0) is 45.3 Å². The van der Waals surface area contributed by atoms with Crippen molar-refractivity contribution in [2.45, 2.75) is 0 Å². The van der Waals surface area contributed by atoms with E-state index in [2.05, 4.69) is 0 Å². The summed E-state index contributed by atoms with van der Waals surface area (Å²) < 4.78 is 0. The summed E-state index contributed by atoms with van der Waals surface area (Å²) in [6, 6.07) is 0. The maximum atomic E-state index is 8.00. The molecule has 82 valence electrons. The predicted molar refractivity (Wildman–Crippen MR) is 42.7 cm³/mol. The molecule has 0 fully saturated rings. The van der Waals surface area contributed by atoms with Gasteiger partial charge in [0.2, 0.25) is 0 Å².